The van der Waals surface area contributed by atoms with Gasteiger partial charge in [0.2, 0.25) is 0 Å². The van der Waals surface area contributed by atoms with Crippen LogP contribution in [-0.2, 0) is 4.79 Å². The molecule has 29 heavy (non-hydrogen) atoms. The number of carbonyl (C=O) groups excluding carboxylic acids is 1. The molecule has 1 heterocycles. The highest BCUT2D eigenvalue weighted by atomic mass is 32.1. The largest absolute Gasteiger partial charge is 0.493 e. The molecule has 152 valence electrons. The van der Waals surface area contributed by atoms with Crippen LogP contribution >= 0.6 is 12.2 Å². The number of carbonyl (C=O) groups is 1. The summed E-state index contributed by atoms with van der Waals surface area (Å²) >= 11 is 5.35. The van der Waals surface area contributed by atoms with Crippen LogP contribution in [0.2, 0.25) is 0 Å². The average Bonchev–Trinajstić information content (AvgIpc) is 2.69. The van der Waals surface area contributed by atoms with Crippen LogP contribution in [0.5, 0.6) is 11.5 Å². The molecular weight excluding hydrogens is 386 g/mol. The highest BCUT2D eigenvalue weighted by molar-refractivity contribution is 7.80. The predicted molar refractivity (Wildman–Crippen MR) is 118 cm³/mol. The van der Waals surface area contributed by atoms with E-state index in [1.807, 2.05) is 57.2 Å². The molecule has 1 amide bonds. The fourth-order valence-corrected chi connectivity index (χ4v) is 3.71. The van der Waals surface area contributed by atoms with E-state index in [0.29, 0.717) is 27.9 Å². The molecule has 1 atom stereocenters. The molecule has 3 N–H and O–H groups in total. The Morgan fingerprint density at radius 2 is 1.79 bits per heavy atom. The maximum Gasteiger partial charge on any atom is 0.255 e. The molecule has 0 saturated carbocycles. The Kier molecular flexibility index (Phi) is 6.08. The van der Waals surface area contributed by atoms with Gasteiger partial charge in [0.25, 0.3) is 5.91 Å². The third-order valence-corrected chi connectivity index (χ3v) is 5.33. The summed E-state index contributed by atoms with van der Waals surface area (Å²) in [5, 5.41) is 9.74. The minimum atomic E-state index is -0.487. The number of ether oxygens (including phenoxy) is 2. The highest BCUT2D eigenvalue weighted by Crippen LogP contribution is 2.39. The maximum absolute atomic E-state index is 13.3. The number of methoxy groups -OCH3 is 2. The molecule has 2 aromatic carbocycles. The van der Waals surface area contributed by atoms with Gasteiger partial charge in [-0.2, -0.15) is 0 Å². The first-order valence-electron chi connectivity index (χ1n) is 9.24. The summed E-state index contributed by atoms with van der Waals surface area (Å²) in [6.45, 7) is 5.84. The van der Waals surface area contributed by atoms with Crippen molar-refractivity contribution in [2.45, 2.75) is 26.8 Å². The first-order chi connectivity index (χ1) is 13.9. The predicted octanol–water partition coefficient (Wildman–Crippen LogP) is 3.75. The molecule has 0 bridgehead atoms. The number of benzene rings is 2. The van der Waals surface area contributed by atoms with Gasteiger partial charge in [-0.1, -0.05) is 24.3 Å². The van der Waals surface area contributed by atoms with E-state index in [4.69, 9.17) is 21.7 Å². The van der Waals surface area contributed by atoms with E-state index in [9.17, 15) is 4.79 Å². The van der Waals surface area contributed by atoms with Crippen LogP contribution < -0.4 is 25.4 Å². The van der Waals surface area contributed by atoms with E-state index in [1.165, 1.54) is 0 Å². The highest BCUT2D eigenvalue weighted by Gasteiger charge is 2.32. The number of para-hydroxylation sites is 1. The van der Waals surface area contributed by atoms with Gasteiger partial charge < -0.3 is 25.4 Å². The monoisotopic (exact) mass is 411 g/mol. The number of thiocarbonyl (C=S) groups is 1. The quantitative estimate of drug-likeness (QED) is 0.651. The van der Waals surface area contributed by atoms with Crippen LogP contribution in [0.3, 0.4) is 0 Å². The summed E-state index contributed by atoms with van der Waals surface area (Å²) in [6.07, 6.45) is 0. The van der Waals surface area contributed by atoms with Crippen LogP contribution in [0.1, 0.15) is 29.7 Å². The molecule has 0 aliphatic carbocycles. The molecule has 7 heteroatoms. The van der Waals surface area contributed by atoms with E-state index in [-0.39, 0.29) is 5.91 Å². The Balaban J connectivity index is 2.05. The molecular formula is C22H25N3O3S. The third kappa shape index (κ3) is 4.05. The van der Waals surface area contributed by atoms with Gasteiger partial charge in [-0.15, -0.1) is 0 Å². The average molecular weight is 412 g/mol. The second kappa shape index (κ2) is 8.53. The van der Waals surface area contributed by atoms with Gasteiger partial charge in [0.1, 0.15) is 0 Å². The van der Waals surface area contributed by atoms with Gasteiger partial charge in [0, 0.05) is 16.9 Å². The molecule has 3 rings (SSSR count). The SMILES string of the molecule is COc1cccc([C@H]2NC(=S)NC(C)=C2C(=O)Nc2cccc(C)c2C)c1OC. The molecule has 0 radical (unpaired) electrons. The van der Waals surface area contributed by atoms with Gasteiger partial charge in [0.15, 0.2) is 16.6 Å². The Labute approximate surface area is 176 Å². The number of allylic oxidation sites excluding steroid dienone is 1. The second-order valence-corrected chi connectivity index (χ2v) is 7.26. The number of anilines is 1. The van der Waals surface area contributed by atoms with Crippen LogP contribution in [0.4, 0.5) is 5.69 Å². The summed E-state index contributed by atoms with van der Waals surface area (Å²) in [5.41, 5.74) is 4.90. The van der Waals surface area contributed by atoms with Crippen LogP contribution in [-0.4, -0.2) is 25.2 Å². The van der Waals surface area contributed by atoms with E-state index in [0.717, 1.165) is 22.4 Å². The Morgan fingerprint density at radius 3 is 2.48 bits per heavy atom. The molecule has 2 aromatic rings. The van der Waals surface area contributed by atoms with Crippen molar-refractivity contribution in [1.82, 2.24) is 10.6 Å². The molecule has 0 spiro atoms. The fraction of sp³-hybridized carbons (Fsp3) is 0.273. The second-order valence-electron chi connectivity index (χ2n) is 6.85. The normalized spacial score (nSPS) is 16.0. The van der Waals surface area contributed by atoms with E-state index < -0.39 is 6.04 Å². The lowest BCUT2D eigenvalue weighted by molar-refractivity contribution is -0.113. The van der Waals surface area contributed by atoms with Gasteiger partial charge in [-0.25, -0.2) is 0 Å². The summed E-state index contributed by atoms with van der Waals surface area (Å²) in [6, 6.07) is 10.9. The zero-order valence-electron chi connectivity index (χ0n) is 17.2. The number of hydrogen-bond donors (Lipinski definition) is 3. The van der Waals surface area contributed by atoms with Crippen LogP contribution in [0, 0.1) is 13.8 Å². The van der Waals surface area contributed by atoms with Crippen molar-refractivity contribution in [3.63, 3.8) is 0 Å². The van der Waals surface area contributed by atoms with E-state index in [1.54, 1.807) is 14.2 Å². The number of hydrogen-bond acceptors (Lipinski definition) is 4. The van der Waals surface area contributed by atoms with Gasteiger partial charge >= 0.3 is 0 Å². The minimum absolute atomic E-state index is 0.214. The Morgan fingerprint density at radius 1 is 1.07 bits per heavy atom. The summed E-state index contributed by atoms with van der Waals surface area (Å²) in [4.78, 5) is 13.3. The molecule has 0 unspecified atom stereocenters. The lowest BCUT2D eigenvalue weighted by atomic mass is 9.93. The van der Waals surface area contributed by atoms with Crippen LogP contribution in [0.25, 0.3) is 0 Å². The molecule has 1 aliphatic heterocycles. The van der Waals surface area contributed by atoms with Crippen molar-refractivity contribution in [2.24, 2.45) is 0 Å². The van der Waals surface area contributed by atoms with Gasteiger partial charge in [-0.05, 0) is 56.2 Å². The maximum atomic E-state index is 13.3. The van der Waals surface area contributed by atoms with Crippen molar-refractivity contribution in [3.8, 4) is 11.5 Å². The van der Waals surface area contributed by atoms with Crippen molar-refractivity contribution in [2.75, 3.05) is 19.5 Å². The molecule has 6 nitrogen and oxygen atoms in total. The number of aryl methyl sites for hydroxylation is 1. The molecule has 0 aromatic heterocycles. The standard InChI is InChI=1S/C22H25N3O3S/c1-12-8-6-10-16(13(12)2)24-21(26)18-14(3)23-22(29)25-19(18)15-9-7-11-17(27-4)20(15)28-5/h6-11,19H,1-5H3,(H,24,26)(H2,23,25,29)/t19-/m1/s1. The fourth-order valence-electron chi connectivity index (χ4n) is 3.44. The molecule has 1 aliphatic rings. The third-order valence-electron chi connectivity index (χ3n) is 5.11. The zero-order valence-corrected chi connectivity index (χ0v) is 18.0. The Hall–Kier alpha value is -3.06. The van der Waals surface area contributed by atoms with Crippen LogP contribution in [0.15, 0.2) is 47.7 Å². The lowest BCUT2D eigenvalue weighted by Crippen LogP contribution is -2.45. The van der Waals surface area contributed by atoms with Gasteiger partial charge in [0.05, 0.1) is 25.8 Å². The minimum Gasteiger partial charge on any atom is -0.493 e. The molecule has 0 fully saturated rings. The van der Waals surface area contributed by atoms with E-state index in [2.05, 4.69) is 16.0 Å². The van der Waals surface area contributed by atoms with Gasteiger partial charge in [-0.3, -0.25) is 4.79 Å². The molecule has 0 saturated heterocycles. The zero-order chi connectivity index (χ0) is 21.1. The summed E-state index contributed by atoms with van der Waals surface area (Å²) in [5.74, 6) is 0.929. The number of rotatable bonds is 5. The summed E-state index contributed by atoms with van der Waals surface area (Å²) < 4.78 is 11.0. The first kappa shape index (κ1) is 20.7. The summed E-state index contributed by atoms with van der Waals surface area (Å²) in [7, 11) is 3.16. The van der Waals surface area contributed by atoms with Crippen molar-refractivity contribution in [3.05, 3.63) is 64.4 Å². The number of nitrogens with one attached hydrogen (secondary N) is 3. The smallest absolute Gasteiger partial charge is 0.255 e. The Bertz CT molecular complexity index is 1000. The lowest BCUT2D eigenvalue weighted by Gasteiger charge is -2.31. The van der Waals surface area contributed by atoms with Crippen molar-refractivity contribution >= 4 is 28.9 Å². The number of amides is 1. The first-order valence-corrected chi connectivity index (χ1v) is 9.65. The van der Waals surface area contributed by atoms with E-state index >= 15 is 0 Å². The van der Waals surface area contributed by atoms with Crippen molar-refractivity contribution in [1.29, 1.82) is 0 Å². The topological polar surface area (TPSA) is 71.6 Å². The van der Waals surface area contributed by atoms with Crippen molar-refractivity contribution < 1.29 is 14.3 Å².